The van der Waals surface area contributed by atoms with Crippen molar-refractivity contribution in [2.24, 2.45) is 0 Å². The van der Waals surface area contributed by atoms with Crippen molar-refractivity contribution in [2.75, 3.05) is 16.4 Å². The molecular formula is C30H20N5NaO5S. The Bertz CT molecular complexity index is 1950. The Balaban J connectivity index is 0.00000353. The Hall–Kier alpha value is -4.39. The summed E-state index contributed by atoms with van der Waals surface area (Å²) >= 11 is 0. The average Bonchev–Trinajstić information content (AvgIpc) is 2.97. The number of nitrogen functional groups attached to an aromatic ring is 1. The Morgan fingerprint density at radius 2 is 1.19 bits per heavy atom. The van der Waals surface area contributed by atoms with Gasteiger partial charge in [-0.15, -0.1) is 0 Å². The van der Waals surface area contributed by atoms with Gasteiger partial charge in [0.1, 0.15) is 10.1 Å². The molecule has 5 aromatic rings. The van der Waals surface area contributed by atoms with Gasteiger partial charge in [0.2, 0.25) is 5.95 Å². The van der Waals surface area contributed by atoms with E-state index in [1.807, 2.05) is 36.4 Å². The zero-order chi connectivity index (χ0) is 28.7. The molecule has 4 N–H and O–H groups in total. The van der Waals surface area contributed by atoms with Crippen LogP contribution in [0.4, 0.5) is 28.7 Å². The van der Waals surface area contributed by atoms with Gasteiger partial charge in [0.15, 0.2) is 11.6 Å². The van der Waals surface area contributed by atoms with Crippen molar-refractivity contribution in [2.45, 2.75) is 4.90 Å². The molecule has 42 heavy (non-hydrogen) atoms. The molecule has 0 amide bonds. The van der Waals surface area contributed by atoms with Crippen molar-refractivity contribution in [1.29, 1.82) is 0 Å². The number of benzene rings is 4. The molecule has 0 aliphatic heterocycles. The first kappa shape index (κ1) is 29.1. The maximum Gasteiger partial charge on any atom is 1.00 e. The normalized spacial score (nSPS) is 12.1. The van der Waals surface area contributed by atoms with Crippen molar-refractivity contribution < 1.29 is 52.1 Å². The van der Waals surface area contributed by atoms with Crippen molar-refractivity contribution in [3.05, 3.63) is 120 Å². The topological polar surface area (TPSA) is 167 Å². The summed E-state index contributed by atoms with van der Waals surface area (Å²) in [4.78, 5) is 34.3. The van der Waals surface area contributed by atoms with Crippen LogP contribution in [0.2, 0.25) is 0 Å². The number of anilines is 5. The molecule has 6 rings (SSSR count). The number of hydrogen-bond acceptors (Lipinski definition) is 10. The predicted octanol–water partition coefficient (Wildman–Crippen LogP) is 1.90. The molecule has 1 heterocycles. The molecule has 0 saturated heterocycles. The number of carbonyl (C=O) groups excluding carboxylic acids is 2. The summed E-state index contributed by atoms with van der Waals surface area (Å²) in [7, 11) is -5.06. The van der Waals surface area contributed by atoms with Crippen molar-refractivity contribution in [3.63, 3.8) is 0 Å². The molecular weight excluding hydrogens is 565 g/mol. The molecule has 0 saturated carbocycles. The Kier molecular flexibility index (Phi) is 7.95. The molecule has 0 atom stereocenters. The van der Waals surface area contributed by atoms with E-state index in [9.17, 15) is 22.6 Å². The predicted molar refractivity (Wildman–Crippen MR) is 153 cm³/mol. The van der Waals surface area contributed by atoms with Crippen LogP contribution in [-0.4, -0.2) is 34.5 Å². The van der Waals surface area contributed by atoms with Gasteiger partial charge in [-0.1, -0.05) is 48.5 Å². The monoisotopic (exact) mass is 585 g/mol. The molecule has 10 nitrogen and oxygen atoms in total. The SMILES string of the molecule is Nc1c(S(=O)(=O)[O-])cc(Nc2ccc(-c3ccc(Nc4ncccn4)cc3)cc2)c2c1C(=O)c1ccccc1C2=O.[Na+]. The standard InChI is InChI=1S/C30H21N5O5S.Na/c31-27-24(41(38,39)40)16-23(25-26(27)29(37)22-5-2-1-4-21(22)28(25)36)34-19-10-6-17(7-11-19)18-8-12-20(13-9-18)35-30-32-14-3-15-33-30;/h1-16,34H,31H2,(H,32,33,35)(H,38,39,40);/q;+1/p-1. The van der Waals surface area contributed by atoms with Gasteiger partial charge in [0.05, 0.1) is 27.4 Å². The number of carbonyl (C=O) groups is 2. The van der Waals surface area contributed by atoms with Gasteiger partial charge < -0.3 is 20.9 Å². The van der Waals surface area contributed by atoms with E-state index < -0.39 is 32.3 Å². The third-order valence-electron chi connectivity index (χ3n) is 6.67. The first-order valence-corrected chi connectivity index (χ1v) is 13.7. The Morgan fingerprint density at radius 3 is 1.71 bits per heavy atom. The largest absolute Gasteiger partial charge is 1.00 e. The van der Waals surface area contributed by atoms with Crippen molar-refractivity contribution in [3.8, 4) is 11.1 Å². The molecule has 202 valence electrons. The van der Waals surface area contributed by atoms with Crippen LogP contribution in [0.3, 0.4) is 0 Å². The summed E-state index contributed by atoms with van der Waals surface area (Å²) in [6.07, 6.45) is 3.29. The van der Waals surface area contributed by atoms with Crippen LogP contribution >= 0.6 is 0 Å². The average molecular weight is 586 g/mol. The van der Waals surface area contributed by atoms with Crippen LogP contribution in [0.1, 0.15) is 31.8 Å². The third-order valence-corrected chi connectivity index (χ3v) is 7.55. The summed E-state index contributed by atoms with van der Waals surface area (Å²) in [5.74, 6) is -0.657. The Morgan fingerprint density at radius 1 is 0.690 bits per heavy atom. The second-order valence-electron chi connectivity index (χ2n) is 9.22. The van der Waals surface area contributed by atoms with Gasteiger partial charge in [0, 0.05) is 34.9 Å². The molecule has 0 fully saturated rings. The van der Waals surface area contributed by atoms with E-state index in [1.165, 1.54) is 12.1 Å². The molecule has 0 bridgehead atoms. The van der Waals surface area contributed by atoms with Gasteiger partial charge in [-0.25, -0.2) is 18.4 Å². The van der Waals surface area contributed by atoms with Crippen molar-refractivity contribution >= 4 is 50.4 Å². The Labute approximate surface area is 263 Å². The number of nitrogens with one attached hydrogen (secondary N) is 2. The van der Waals surface area contributed by atoms with Gasteiger partial charge in [-0.3, -0.25) is 9.59 Å². The minimum Gasteiger partial charge on any atom is -0.744 e. The molecule has 12 heteroatoms. The summed E-state index contributed by atoms with van der Waals surface area (Å²) in [5, 5.41) is 6.13. The van der Waals surface area contributed by atoms with E-state index in [2.05, 4.69) is 20.6 Å². The fourth-order valence-electron chi connectivity index (χ4n) is 4.74. The van der Waals surface area contributed by atoms with E-state index in [0.717, 1.165) is 22.9 Å². The van der Waals surface area contributed by atoms with Gasteiger partial charge in [-0.2, -0.15) is 0 Å². The van der Waals surface area contributed by atoms with E-state index in [1.54, 1.807) is 42.7 Å². The van der Waals surface area contributed by atoms with E-state index in [0.29, 0.717) is 11.6 Å². The van der Waals surface area contributed by atoms with Crippen LogP contribution in [0, 0.1) is 0 Å². The number of fused-ring (bicyclic) bond motifs is 2. The van der Waals surface area contributed by atoms with Gasteiger partial charge in [0.25, 0.3) is 0 Å². The smallest absolute Gasteiger partial charge is 0.744 e. The fourth-order valence-corrected chi connectivity index (χ4v) is 5.37. The summed E-state index contributed by atoms with van der Waals surface area (Å²) in [5.41, 5.74) is 8.44. The zero-order valence-electron chi connectivity index (χ0n) is 22.2. The summed E-state index contributed by atoms with van der Waals surface area (Å²) in [6.45, 7) is 0. The molecule has 4 aromatic carbocycles. The van der Waals surface area contributed by atoms with Gasteiger partial charge in [-0.05, 0) is 47.5 Å². The molecule has 1 aliphatic rings. The van der Waals surface area contributed by atoms with Crippen LogP contribution in [-0.2, 0) is 10.1 Å². The molecule has 1 aromatic heterocycles. The number of ketones is 2. The first-order valence-electron chi connectivity index (χ1n) is 12.3. The minimum absolute atomic E-state index is 0. The summed E-state index contributed by atoms with van der Waals surface area (Å²) < 4.78 is 36.1. The van der Waals surface area contributed by atoms with Crippen LogP contribution in [0.15, 0.2) is 102 Å². The second kappa shape index (κ2) is 11.5. The zero-order valence-corrected chi connectivity index (χ0v) is 25.0. The molecule has 0 spiro atoms. The van der Waals surface area contributed by atoms with E-state index in [-0.39, 0.29) is 57.5 Å². The number of nitrogens with two attached hydrogens (primary N) is 1. The quantitative estimate of drug-likeness (QED) is 0.149. The number of hydrogen-bond donors (Lipinski definition) is 3. The maximum atomic E-state index is 13.5. The second-order valence-corrected chi connectivity index (χ2v) is 10.6. The van der Waals surface area contributed by atoms with Crippen LogP contribution < -0.4 is 45.9 Å². The minimum atomic E-state index is -5.06. The van der Waals surface area contributed by atoms with Crippen LogP contribution in [0.25, 0.3) is 11.1 Å². The molecule has 1 aliphatic carbocycles. The number of aromatic nitrogens is 2. The van der Waals surface area contributed by atoms with E-state index >= 15 is 0 Å². The number of nitrogens with zero attached hydrogens (tertiary/aromatic N) is 2. The fraction of sp³-hybridized carbons (Fsp3) is 0. The summed E-state index contributed by atoms with van der Waals surface area (Å²) in [6, 6.07) is 23.7. The number of rotatable bonds is 6. The van der Waals surface area contributed by atoms with E-state index in [4.69, 9.17) is 5.73 Å². The third kappa shape index (κ3) is 5.43. The van der Waals surface area contributed by atoms with Gasteiger partial charge >= 0.3 is 29.6 Å². The molecule has 0 unspecified atom stereocenters. The van der Waals surface area contributed by atoms with Crippen molar-refractivity contribution in [1.82, 2.24) is 9.97 Å². The molecule has 0 radical (unpaired) electrons. The van der Waals surface area contributed by atoms with Crippen LogP contribution in [0.5, 0.6) is 0 Å². The maximum absolute atomic E-state index is 13.5. The first-order chi connectivity index (χ1) is 19.7.